The molecule has 1 aromatic heterocycles. The molecule has 2 aromatic carbocycles. The van der Waals surface area contributed by atoms with Crippen molar-refractivity contribution in [3.8, 4) is 5.75 Å². The maximum Gasteiger partial charge on any atom is 0.336 e. The predicted molar refractivity (Wildman–Crippen MR) is 104 cm³/mol. The molecular formula is C20H19N3O5S. The zero-order chi connectivity index (χ0) is 20.3. The van der Waals surface area contributed by atoms with Crippen molar-refractivity contribution in [1.29, 1.82) is 0 Å². The number of amides is 1. The third-order valence-electron chi connectivity index (χ3n) is 4.54. The third-order valence-corrected chi connectivity index (χ3v) is 5.87. The Kier molecular flexibility index (Phi) is 5.30. The van der Waals surface area contributed by atoms with Gasteiger partial charge in [-0.2, -0.15) is 0 Å². The van der Waals surface area contributed by atoms with Gasteiger partial charge in [-0.25, -0.2) is 8.42 Å². The minimum absolute atomic E-state index is 0.0168. The number of nitrogens with zero attached hydrogens (tertiary/aromatic N) is 3. The molecule has 0 N–H and O–H groups in total. The molecule has 0 spiro atoms. The fourth-order valence-electron chi connectivity index (χ4n) is 3.18. The number of rotatable bonds is 6. The number of sulfone groups is 1. The number of anilines is 1. The van der Waals surface area contributed by atoms with Crippen LogP contribution in [0, 0.1) is 0 Å². The largest absolute Gasteiger partial charge is 0.484 e. The van der Waals surface area contributed by atoms with E-state index in [1.807, 2.05) is 42.5 Å². The molecule has 0 fully saturated rings. The Morgan fingerprint density at radius 1 is 1.07 bits per heavy atom. The van der Waals surface area contributed by atoms with Crippen molar-refractivity contribution in [3.63, 3.8) is 0 Å². The van der Waals surface area contributed by atoms with Crippen LogP contribution in [-0.4, -0.2) is 36.8 Å². The summed E-state index contributed by atoms with van der Waals surface area (Å²) in [5.74, 6) is -0.641. The van der Waals surface area contributed by atoms with Crippen LogP contribution in [0.15, 0.2) is 64.2 Å². The molecule has 0 unspecified atom stereocenters. The second kappa shape index (κ2) is 8.04. The molecule has 1 aliphatic heterocycles. The lowest BCUT2D eigenvalue weighted by Gasteiger charge is -2.29. The summed E-state index contributed by atoms with van der Waals surface area (Å²) in [7, 11) is -4.06. The summed E-state index contributed by atoms with van der Waals surface area (Å²) in [6.07, 6.45) is 1.64. The first-order valence-corrected chi connectivity index (χ1v) is 10.8. The maximum absolute atomic E-state index is 12.7. The van der Waals surface area contributed by atoms with Gasteiger partial charge in [0.25, 0.3) is 5.89 Å². The van der Waals surface area contributed by atoms with Gasteiger partial charge >= 0.3 is 5.22 Å². The Morgan fingerprint density at radius 2 is 1.83 bits per heavy atom. The molecule has 0 atom stereocenters. The summed E-state index contributed by atoms with van der Waals surface area (Å²) in [6.45, 7) is 0.408. The summed E-state index contributed by atoms with van der Waals surface area (Å²) < 4.78 is 35.9. The Morgan fingerprint density at radius 3 is 2.66 bits per heavy atom. The number of hydrogen-bond donors (Lipinski definition) is 0. The highest BCUT2D eigenvalue weighted by molar-refractivity contribution is 7.91. The third kappa shape index (κ3) is 4.29. The van der Waals surface area contributed by atoms with Crippen molar-refractivity contribution in [1.82, 2.24) is 10.2 Å². The van der Waals surface area contributed by atoms with Crippen LogP contribution in [0.3, 0.4) is 0 Å². The van der Waals surface area contributed by atoms with E-state index in [2.05, 4.69) is 10.2 Å². The fourth-order valence-corrected chi connectivity index (χ4v) is 4.17. The zero-order valence-electron chi connectivity index (χ0n) is 15.5. The first-order chi connectivity index (χ1) is 14.0. The van der Waals surface area contributed by atoms with Crippen LogP contribution < -0.4 is 9.64 Å². The molecule has 2 heterocycles. The van der Waals surface area contributed by atoms with E-state index in [0.29, 0.717) is 12.3 Å². The lowest BCUT2D eigenvalue weighted by atomic mass is 10.0. The average Bonchev–Trinajstić information content (AvgIpc) is 3.22. The van der Waals surface area contributed by atoms with Crippen LogP contribution in [-0.2, 0) is 27.7 Å². The molecule has 0 aliphatic carbocycles. The number of fused-ring (bicyclic) bond motifs is 1. The van der Waals surface area contributed by atoms with E-state index < -0.39 is 26.7 Å². The molecule has 0 bridgehead atoms. The molecule has 9 heteroatoms. The molecule has 3 aromatic rings. The highest BCUT2D eigenvalue weighted by Gasteiger charge is 2.31. The Hall–Kier alpha value is -3.20. The minimum atomic E-state index is -4.06. The molecule has 0 radical (unpaired) electrons. The van der Waals surface area contributed by atoms with E-state index in [1.165, 1.54) is 4.90 Å². The zero-order valence-corrected chi connectivity index (χ0v) is 16.3. The van der Waals surface area contributed by atoms with Crippen molar-refractivity contribution >= 4 is 21.4 Å². The number of carbonyl (C=O) groups is 1. The van der Waals surface area contributed by atoms with Gasteiger partial charge in [-0.05, 0) is 36.6 Å². The van der Waals surface area contributed by atoms with Gasteiger partial charge in [-0.1, -0.05) is 41.5 Å². The lowest BCUT2D eigenvalue weighted by molar-refractivity contribution is -0.116. The highest BCUT2D eigenvalue weighted by Crippen LogP contribution is 2.27. The van der Waals surface area contributed by atoms with E-state index in [1.54, 1.807) is 12.1 Å². The molecule has 1 aliphatic rings. The van der Waals surface area contributed by atoms with Crippen LogP contribution in [0.1, 0.15) is 17.9 Å². The number of para-hydroxylation sites is 2. The van der Waals surface area contributed by atoms with Gasteiger partial charge in [0.15, 0.2) is 6.61 Å². The maximum atomic E-state index is 12.7. The van der Waals surface area contributed by atoms with Gasteiger partial charge in [0.1, 0.15) is 11.5 Å². The van der Waals surface area contributed by atoms with Crippen molar-refractivity contribution in [2.45, 2.75) is 24.7 Å². The molecule has 0 saturated heterocycles. The Balaban J connectivity index is 1.44. The smallest absolute Gasteiger partial charge is 0.336 e. The predicted octanol–water partition coefficient (Wildman–Crippen LogP) is 2.40. The number of aromatic nitrogens is 2. The van der Waals surface area contributed by atoms with Gasteiger partial charge in [0.2, 0.25) is 15.7 Å². The van der Waals surface area contributed by atoms with Gasteiger partial charge in [-0.15, -0.1) is 5.10 Å². The van der Waals surface area contributed by atoms with Crippen molar-refractivity contribution < 1.29 is 22.4 Å². The fraction of sp³-hybridized carbons (Fsp3) is 0.250. The first kappa shape index (κ1) is 19.1. The van der Waals surface area contributed by atoms with Gasteiger partial charge in [0, 0.05) is 12.2 Å². The number of hydrogen-bond acceptors (Lipinski definition) is 7. The summed E-state index contributed by atoms with van der Waals surface area (Å²) >= 11 is 0. The first-order valence-electron chi connectivity index (χ1n) is 9.14. The van der Waals surface area contributed by atoms with E-state index in [-0.39, 0.29) is 12.5 Å². The van der Waals surface area contributed by atoms with Crippen LogP contribution >= 0.6 is 0 Å². The molecule has 29 heavy (non-hydrogen) atoms. The number of ether oxygens (including phenoxy) is 1. The molecule has 0 saturated carbocycles. The van der Waals surface area contributed by atoms with Crippen molar-refractivity contribution in [2.24, 2.45) is 0 Å². The quantitative estimate of drug-likeness (QED) is 0.611. The standard InChI is InChI=1S/C20H19N3O5S/c24-19(23-12-6-8-15-7-4-5-11-17(15)23)14-29(25,26)20-22-21-18(28-20)13-27-16-9-2-1-3-10-16/h1-5,7,9-11H,6,8,12-14H2. The Labute approximate surface area is 168 Å². The van der Waals surface area contributed by atoms with E-state index in [9.17, 15) is 13.2 Å². The average molecular weight is 413 g/mol. The van der Waals surface area contributed by atoms with Gasteiger partial charge < -0.3 is 14.1 Å². The summed E-state index contributed by atoms with van der Waals surface area (Å²) in [6, 6.07) is 16.5. The molecule has 1 amide bonds. The Bertz CT molecular complexity index is 1110. The van der Waals surface area contributed by atoms with E-state index in [0.717, 1.165) is 24.1 Å². The van der Waals surface area contributed by atoms with E-state index >= 15 is 0 Å². The lowest BCUT2D eigenvalue weighted by Crippen LogP contribution is -2.39. The van der Waals surface area contributed by atoms with Gasteiger partial charge in [0.05, 0.1) is 0 Å². The summed E-state index contributed by atoms with van der Waals surface area (Å²) in [5, 5.41) is 6.71. The molecule has 150 valence electrons. The number of carbonyl (C=O) groups excluding carboxylic acids is 1. The summed E-state index contributed by atoms with van der Waals surface area (Å²) in [4.78, 5) is 14.2. The van der Waals surface area contributed by atoms with Crippen molar-refractivity contribution in [2.75, 3.05) is 17.2 Å². The van der Waals surface area contributed by atoms with Gasteiger partial charge in [-0.3, -0.25) is 4.79 Å². The summed E-state index contributed by atoms with van der Waals surface area (Å²) in [5.41, 5.74) is 1.78. The minimum Gasteiger partial charge on any atom is -0.484 e. The second-order valence-corrected chi connectivity index (χ2v) is 8.47. The van der Waals surface area contributed by atoms with Crippen LogP contribution in [0.4, 0.5) is 5.69 Å². The SMILES string of the molecule is O=C(CS(=O)(=O)c1nnc(COc2ccccc2)o1)N1CCCc2ccccc21. The topological polar surface area (TPSA) is 103 Å². The van der Waals surface area contributed by atoms with E-state index in [4.69, 9.17) is 9.15 Å². The van der Waals surface area contributed by atoms with Crippen molar-refractivity contribution in [3.05, 3.63) is 66.1 Å². The molecular weight excluding hydrogens is 394 g/mol. The number of aryl methyl sites for hydroxylation is 1. The highest BCUT2D eigenvalue weighted by atomic mass is 32.2. The van der Waals surface area contributed by atoms with Crippen LogP contribution in [0.5, 0.6) is 5.75 Å². The number of benzene rings is 2. The second-order valence-electron chi connectivity index (χ2n) is 6.60. The monoisotopic (exact) mass is 413 g/mol. The molecule has 4 rings (SSSR count). The molecule has 8 nitrogen and oxygen atoms in total. The van der Waals surface area contributed by atoms with Crippen LogP contribution in [0.25, 0.3) is 0 Å². The van der Waals surface area contributed by atoms with Crippen LogP contribution in [0.2, 0.25) is 0 Å². The normalized spacial score (nSPS) is 13.7.